The second-order valence-electron chi connectivity index (χ2n) is 6.43. The highest BCUT2D eigenvalue weighted by Crippen LogP contribution is 2.47. The molecule has 4 rings (SSSR count). The van der Waals surface area contributed by atoms with Gasteiger partial charge in [0.05, 0.1) is 5.56 Å². The van der Waals surface area contributed by atoms with Crippen LogP contribution in [0.25, 0.3) is 0 Å². The number of benzene rings is 2. The molecule has 0 saturated heterocycles. The number of nitriles is 1. The minimum atomic E-state index is -0.519. The van der Waals surface area contributed by atoms with Crippen molar-refractivity contribution >= 4 is 11.6 Å². The maximum absolute atomic E-state index is 12.1. The van der Waals surface area contributed by atoms with Crippen molar-refractivity contribution in [1.82, 2.24) is 0 Å². The average Bonchev–Trinajstić information content (AvgIpc) is 3.25. The molecule has 6 heteroatoms. The van der Waals surface area contributed by atoms with Crippen molar-refractivity contribution in [3.8, 4) is 23.3 Å². The molecule has 1 spiro atoms. The number of para-hydroxylation sites is 1. The third-order valence-electron chi connectivity index (χ3n) is 4.55. The Labute approximate surface area is 151 Å². The molecule has 0 unspecified atom stereocenters. The van der Waals surface area contributed by atoms with E-state index in [-0.39, 0.29) is 12.5 Å². The van der Waals surface area contributed by atoms with Crippen LogP contribution in [-0.4, -0.2) is 18.3 Å². The van der Waals surface area contributed by atoms with Gasteiger partial charge in [-0.1, -0.05) is 12.1 Å². The summed E-state index contributed by atoms with van der Waals surface area (Å²) >= 11 is 0. The van der Waals surface area contributed by atoms with Crippen LogP contribution in [0.4, 0.5) is 5.69 Å². The second-order valence-corrected chi connectivity index (χ2v) is 6.43. The Morgan fingerprint density at radius 2 is 1.92 bits per heavy atom. The number of hydrogen-bond acceptors (Lipinski definition) is 5. The number of carbonyl (C=O) groups is 1. The van der Waals surface area contributed by atoms with Crippen molar-refractivity contribution in [2.45, 2.75) is 31.5 Å². The molecule has 2 aromatic carbocycles. The van der Waals surface area contributed by atoms with Crippen molar-refractivity contribution < 1.29 is 19.0 Å². The first-order chi connectivity index (χ1) is 12.7. The average molecular weight is 350 g/mol. The number of fused-ring (bicyclic) bond motifs is 1. The number of nitrogens with one attached hydrogen (secondary N) is 1. The summed E-state index contributed by atoms with van der Waals surface area (Å²) in [6, 6.07) is 14.2. The third kappa shape index (κ3) is 3.16. The summed E-state index contributed by atoms with van der Waals surface area (Å²) in [6.45, 7) is -0.183. The second kappa shape index (κ2) is 6.60. The lowest BCUT2D eigenvalue weighted by Gasteiger charge is -2.21. The van der Waals surface area contributed by atoms with Crippen molar-refractivity contribution in [3.05, 3.63) is 48.0 Å². The molecule has 1 aliphatic carbocycles. The van der Waals surface area contributed by atoms with Gasteiger partial charge in [0.25, 0.3) is 11.7 Å². The largest absolute Gasteiger partial charge is 0.482 e. The lowest BCUT2D eigenvalue weighted by molar-refractivity contribution is -0.118. The Balaban J connectivity index is 1.38. The van der Waals surface area contributed by atoms with Crippen LogP contribution in [0.15, 0.2) is 42.5 Å². The molecule has 1 aliphatic heterocycles. The third-order valence-corrected chi connectivity index (χ3v) is 4.55. The number of nitrogens with zero attached hydrogens (tertiary/aromatic N) is 1. The number of rotatable bonds is 4. The summed E-state index contributed by atoms with van der Waals surface area (Å²) in [5, 5.41) is 11.8. The van der Waals surface area contributed by atoms with Crippen molar-refractivity contribution in [3.63, 3.8) is 0 Å². The first kappa shape index (κ1) is 16.3. The van der Waals surface area contributed by atoms with Crippen molar-refractivity contribution in [1.29, 1.82) is 5.26 Å². The standard InChI is InChI=1S/C20H18N2O4/c21-12-14-5-1-2-6-16(14)24-13-19(23)22-15-7-8-17-18(11-15)26-20(25-17)9-3-4-10-20/h1-2,5-8,11H,3-4,9-10,13H2,(H,22,23). The van der Waals surface area contributed by atoms with Gasteiger partial charge in [0.1, 0.15) is 11.8 Å². The van der Waals surface area contributed by atoms with E-state index < -0.39 is 5.79 Å². The Bertz CT molecular complexity index is 882. The van der Waals surface area contributed by atoms with Crippen LogP contribution in [-0.2, 0) is 4.79 Å². The maximum Gasteiger partial charge on any atom is 0.262 e. The van der Waals surface area contributed by atoms with Crippen LogP contribution >= 0.6 is 0 Å². The van der Waals surface area contributed by atoms with Gasteiger partial charge in [-0.25, -0.2) is 0 Å². The first-order valence-electron chi connectivity index (χ1n) is 8.61. The van der Waals surface area contributed by atoms with Crippen LogP contribution in [0, 0.1) is 11.3 Å². The van der Waals surface area contributed by atoms with Gasteiger partial charge in [-0.2, -0.15) is 5.26 Å². The van der Waals surface area contributed by atoms with Gasteiger partial charge in [0.15, 0.2) is 18.1 Å². The van der Waals surface area contributed by atoms with Crippen LogP contribution < -0.4 is 19.5 Å². The molecule has 0 bridgehead atoms. The molecule has 0 radical (unpaired) electrons. The number of anilines is 1. The van der Waals surface area contributed by atoms with Gasteiger partial charge in [0.2, 0.25) is 0 Å². The highest BCUT2D eigenvalue weighted by Gasteiger charge is 2.44. The Morgan fingerprint density at radius 3 is 2.73 bits per heavy atom. The van der Waals surface area contributed by atoms with Gasteiger partial charge >= 0.3 is 0 Å². The van der Waals surface area contributed by atoms with Crippen LogP contribution in [0.5, 0.6) is 17.2 Å². The summed E-state index contributed by atoms with van der Waals surface area (Å²) in [4.78, 5) is 12.1. The monoisotopic (exact) mass is 350 g/mol. The van der Waals surface area contributed by atoms with E-state index in [4.69, 9.17) is 19.5 Å². The van der Waals surface area contributed by atoms with E-state index in [9.17, 15) is 4.79 Å². The molecule has 0 atom stereocenters. The molecular formula is C20H18N2O4. The Morgan fingerprint density at radius 1 is 1.15 bits per heavy atom. The summed E-state index contributed by atoms with van der Waals surface area (Å²) in [5.41, 5.74) is 1.01. The smallest absolute Gasteiger partial charge is 0.262 e. The molecule has 1 heterocycles. The predicted octanol–water partition coefficient (Wildman–Crippen LogP) is 3.62. The lowest BCUT2D eigenvalue weighted by atomic mass is 10.2. The fourth-order valence-corrected chi connectivity index (χ4v) is 3.31. The summed E-state index contributed by atoms with van der Waals surface area (Å²) in [6.07, 6.45) is 3.96. The zero-order valence-corrected chi connectivity index (χ0v) is 14.2. The van der Waals surface area contributed by atoms with Gasteiger partial charge in [-0.05, 0) is 37.1 Å². The molecule has 1 fully saturated rings. The minimum Gasteiger partial charge on any atom is -0.482 e. The Hall–Kier alpha value is -3.20. The molecular weight excluding hydrogens is 332 g/mol. The van der Waals surface area contributed by atoms with Crippen LogP contribution in [0.1, 0.15) is 31.2 Å². The van der Waals surface area contributed by atoms with Crippen molar-refractivity contribution in [2.24, 2.45) is 0 Å². The Kier molecular flexibility index (Phi) is 4.13. The topological polar surface area (TPSA) is 80.6 Å². The van der Waals surface area contributed by atoms with E-state index in [1.54, 1.807) is 36.4 Å². The summed E-state index contributed by atoms with van der Waals surface area (Å²) in [7, 11) is 0. The molecule has 26 heavy (non-hydrogen) atoms. The molecule has 132 valence electrons. The molecule has 6 nitrogen and oxygen atoms in total. The zero-order chi connectivity index (χ0) is 18.0. The van der Waals surface area contributed by atoms with Gasteiger partial charge in [0, 0.05) is 24.6 Å². The van der Waals surface area contributed by atoms with Gasteiger partial charge in [-0.15, -0.1) is 0 Å². The fraction of sp³-hybridized carbons (Fsp3) is 0.300. The molecule has 2 aromatic rings. The van der Waals surface area contributed by atoms with E-state index in [1.165, 1.54) is 0 Å². The lowest BCUT2D eigenvalue weighted by Crippen LogP contribution is -2.34. The van der Waals surface area contributed by atoms with Gasteiger partial charge < -0.3 is 19.5 Å². The number of hydrogen-bond donors (Lipinski definition) is 1. The van der Waals surface area contributed by atoms with E-state index in [2.05, 4.69) is 5.32 Å². The van der Waals surface area contributed by atoms with Crippen LogP contribution in [0.2, 0.25) is 0 Å². The minimum absolute atomic E-state index is 0.183. The summed E-state index contributed by atoms with van der Waals surface area (Å²) < 4.78 is 17.4. The number of carbonyl (C=O) groups excluding carboxylic acids is 1. The van der Waals surface area contributed by atoms with E-state index in [0.29, 0.717) is 28.5 Å². The maximum atomic E-state index is 12.1. The normalized spacial score (nSPS) is 16.3. The van der Waals surface area contributed by atoms with Crippen LogP contribution in [0.3, 0.4) is 0 Å². The number of ether oxygens (including phenoxy) is 3. The predicted molar refractivity (Wildman–Crippen MR) is 94.2 cm³/mol. The van der Waals surface area contributed by atoms with E-state index >= 15 is 0 Å². The van der Waals surface area contributed by atoms with E-state index in [0.717, 1.165) is 25.7 Å². The zero-order valence-electron chi connectivity index (χ0n) is 14.2. The molecule has 0 aromatic heterocycles. The van der Waals surface area contributed by atoms with Crippen molar-refractivity contribution in [2.75, 3.05) is 11.9 Å². The quantitative estimate of drug-likeness (QED) is 0.911. The van der Waals surface area contributed by atoms with E-state index in [1.807, 2.05) is 12.1 Å². The molecule has 1 amide bonds. The fourth-order valence-electron chi connectivity index (χ4n) is 3.31. The first-order valence-corrected chi connectivity index (χ1v) is 8.61. The molecule has 1 saturated carbocycles. The highest BCUT2D eigenvalue weighted by atomic mass is 16.7. The SMILES string of the molecule is N#Cc1ccccc1OCC(=O)Nc1ccc2c(c1)OC1(CCCC1)O2. The number of amides is 1. The summed E-state index contributed by atoms with van der Waals surface area (Å²) in [5.74, 6) is 0.922. The van der Waals surface area contributed by atoms with Gasteiger partial charge in [-0.3, -0.25) is 4.79 Å². The molecule has 1 N–H and O–H groups in total. The highest BCUT2D eigenvalue weighted by molar-refractivity contribution is 5.92. The molecule has 2 aliphatic rings.